The summed E-state index contributed by atoms with van der Waals surface area (Å²) in [6.07, 6.45) is 0. The zero-order valence-corrected chi connectivity index (χ0v) is 13.8. The van der Waals surface area contributed by atoms with Gasteiger partial charge in [0, 0.05) is 8.04 Å². The Balaban J connectivity index is 2.33. The van der Waals surface area contributed by atoms with Crippen molar-refractivity contribution < 1.29 is 9.90 Å². The first-order valence-electron chi connectivity index (χ1n) is 5.54. The molecule has 98 valence electrons. The third-order valence-corrected chi connectivity index (χ3v) is 5.10. The number of benzene rings is 2. The van der Waals surface area contributed by atoms with E-state index in [0.29, 0.717) is 11.3 Å². The first-order chi connectivity index (χ1) is 8.99. The van der Waals surface area contributed by atoms with Gasteiger partial charge in [0.2, 0.25) is 0 Å². The van der Waals surface area contributed by atoms with Gasteiger partial charge in [0.05, 0.1) is 11.3 Å². The van der Waals surface area contributed by atoms with Crippen molar-refractivity contribution in [1.29, 1.82) is 0 Å². The number of hydrogen-bond acceptors (Lipinski definition) is 2. The van der Waals surface area contributed by atoms with Gasteiger partial charge >= 0.3 is 0 Å². The molecule has 0 fully saturated rings. The predicted molar refractivity (Wildman–Crippen MR) is 87.7 cm³/mol. The highest BCUT2D eigenvalue weighted by atomic mass is 127. The van der Waals surface area contributed by atoms with Crippen molar-refractivity contribution in [2.24, 2.45) is 0 Å². The van der Waals surface area contributed by atoms with E-state index in [0.717, 1.165) is 13.6 Å². The monoisotopic (exact) mass is 431 g/mol. The molecule has 0 saturated heterocycles. The molecule has 2 aromatic rings. The Kier molecular flexibility index (Phi) is 4.46. The van der Waals surface area contributed by atoms with Crippen molar-refractivity contribution >= 4 is 50.1 Å². The molecule has 2 N–H and O–H groups in total. The second kappa shape index (κ2) is 5.92. The molecule has 0 aromatic heterocycles. The zero-order chi connectivity index (χ0) is 14.0. The lowest BCUT2D eigenvalue weighted by Gasteiger charge is -2.10. The van der Waals surface area contributed by atoms with E-state index < -0.39 is 0 Å². The third-order valence-electron chi connectivity index (χ3n) is 2.57. The molecule has 0 saturated carbocycles. The number of rotatable bonds is 2. The van der Waals surface area contributed by atoms with Gasteiger partial charge in [-0.25, -0.2) is 0 Å². The number of phenolic OH excluding ortho intramolecular Hbond substituents is 1. The van der Waals surface area contributed by atoms with E-state index in [-0.39, 0.29) is 11.7 Å². The van der Waals surface area contributed by atoms with Gasteiger partial charge in [-0.3, -0.25) is 4.79 Å². The summed E-state index contributed by atoms with van der Waals surface area (Å²) in [5.41, 5.74) is 1.98. The Hall–Kier alpha value is -1.08. The predicted octanol–water partition coefficient (Wildman–Crippen LogP) is 4.32. The molecule has 1 amide bonds. The summed E-state index contributed by atoms with van der Waals surface area (Å²) in [5.74, 6) is -0.187. The van der Waals surface area contributed by atoms with Gasteiger partial charge in [0.15, 0.2) is 0 Å². The third kappa shape index (κ3) is 3.27. The van der Waals surface area contributed by atoms with E-state index in [1.165, 1.54) is 6.07 Å². The minimum absolute atomic E-state index is 0.0533. The van der Waals surface area contributed by atoms with Gasteiger partial charge in [-0.2, -0.15) is 0 Å². The highest BCUT2D eigenvalue weighted by Gasteiger charge is 2.14. The number of para-hydroxylation sites is 2. The Morgan fingerprint density at radius 1 is 1.32 bits per heavy atom. The van der Waals surface area contributed by atoms with Crippen LogP contribution in [-0.2, 0) is 0 Å². The fourth-order valence-electron chi connectivity index (χ4n) is 1.66. The summed E-state index contributed by atoms with van der Waals surface area (Å²) in [6, 6.07) is 10.4. The van der Waals surface area contributed by atoms with E-state index in [4.69, 9.17) is 0 Å². The number of aromatic hydroxyl groups is 1. The number of halogens is 2. The summed E-state index contributed by atoms with van der Waals surface area (Å²) >= 11 is 5.55. The molecule has 0 unspecified atom stereocenters. The number of carbonyl (C=O) groups excluding carboxylic acids is 1. The van der Waals surface area contributed by atoms with E-state index in [1.54, 1.807) is 18.2 Å². The van der Waals surface area contributed by atoms with Crippen molar-refractivity contribution in [3.63, 3.8) is 0 Å². The van der Waals surface area contributed by atoms with Crippen molar-refractivity contribution in [1.82, 2.24) is 0 Å². The van der Waals surface area contributed by atoms with Gasteiger partial charge in [0.25, 0.3) is 5.91 Å². The number of carbonyl (C=O) groups is 1. The molecule has 0 aliphatic carbocycles. The maximum absolute atomic E-state index is 12.2. The fourth-order valence-corrected chi connectivity index (χ4v) is 2.79. The Labute approximate surface area is 133 Å². The number of amides is 1. The second-order valence-corrected chi connectivity index (χ2v) is 6.01. The van der Waals surface area contributed by atoms with Crippen LogP contribution in [0.5, 0.6) is 5.75 Å². The fraction of sp³-hybridized carbons (Fsp3) is 0.0714. The van der Waals surface area contributed by atoms with E-state index in [1.807, 2.05) is 19.1 Å². The molecule has 2 aromatic carbocycles. The Bertz CT molecular complexity index is 643. The SMILES string of the molecule is Cc1cc(Br)c(I)c(C(=O)Nc2ccccc2O)c1. The van der Waals surface area contributed by atoms with Crippen LogP contribution in [-0.4, -0.2) is 11.0 Å². The molecular weight excluding hydrogens is 421 g/mol. The normalized spacial score (nSPS) is 10.3. The molecule has 5 heteroatoms. The maximum Gasteiger partial charge on any atom is 0.256 e. The van der Waals surface area contributed by atoms with Crippen LogP contribution in [0, 0.1) is 10.5 Å². The maximum atomic E-state index is 12.2. The standard InChI is InChI=1S/C14H11BrINO2/c1-8-6-9(13(16)10(15)7-8)14(19)17-11-4-2-3-5-12(11)18/h2-7,18H,1H3,(H,17,19). The molecule has 3 nitrogen and oxygen atoms in total. The van der Waals surface area contributed by atoms with Gasteiger partial charge in [0.1, 0.15) is 5.75 Å². The molecule has 0 atom stereocenters. The van der Waals surface area contributed by atoms with Crippen molar-refractivity contribution in [2.75, 3.05) is 5.32 Å². The highest BCUT2D eigenvalue weighted by molar-refractivity contribution is 14.1. The summed E-state index contributed by atoms with van der Waals surface area (Å²) in [5, 5.41) is 12.4. The summed E-state index contributed by atoms with van der Waals surface area (Å²) in [4.78, 5) is 12.2. The van der Waals surface area contributed by atoms with Crippen LogP contribution in [0.2, 0.25) is 0 Å². The van der Waals surface area contributed by atoms with Gasteiger partial charge in [-0.1, -0.05) is 12.1 Å². The number of nitrogens with one attached hydrogen (secondary N) is 1. The van der Waals surface area contributed by atoms with Crippen LogP contribution in [0.3, 0.4) is 0 Å². The number of hydrogen-bond donors (Lipinski definition) is 2. The molecular formula is C14H11BrINO2. The molecule has 0 heterocycles. The lowest BCUT2D eigenvalue weighted by atomic mass is 10.1. The molecule has 2 rings (SSSR count). The molecule has 0 spiro atoms. The van der Waals surface area contributed by atoms with Crippen LogP contribution in [0.1, 0.15) is 15.9 Å². The van der Waals surface area contributed by atoms with Crippen molar-refractivity contribution in [3.8, 4) is 5.75 Å². The number of aryl methyl sites for hydroxylation is 1. The lowest BCUT2D eigenvalue weighted by molar-refractivity contribution is 0.102. The zero-order valence-electron chi connectivity index (χ0n) is 10.1. The smallest absolute Gasteiger partial charge is 0.256 e. The van der Waals surface area contributed by atoms with Crippen molar-refractivity contribution in [2.45, 2.75) is 6.92 Å². The largest absolute Gasteiger partial charge is 0.506 e. The molecule has 0 bridgehead atoms. The molecule has 0 aliphatic heterocycles. The van der Waals surface area contributed by atoms with Crippen LogP contribution < -0.4 is 5.32 Å². The first kappa shape index (κ1) is 14.3. The molecule has 19 heavy (non-hydrogen) atoms. The topological polar surface area (TPSA) is 49.3 Å². The second-order valence-electron chi connectivity index (χ2n) is 4.08. The number of anilines is 1. The molecule has 0 radical (unpaired) electrons. The van der Waals surface area contributed by atoms with E-state index >= 15 is 0 Å². The number of phenols is 1. The van der Waals surface area contributed by atoms with Crippen molar-refractivity contribution in [3.05, 3.63) is 55.6 Å². The summed E-state index contributed by atoms with van der Waals surface area (Å²) in [6.45, 7) is 1.93. The molecule has 0 aliphatic rings. The van der Waals surface area contributed by atoms with Crippen LogP contribution in [0.15, 0.2) is 40.9 Å². The highest BCUT2D eigenvalue weighted by Crippen LogP contribution is 2.27. The lowest BCUT2D eigenvalue weighted by Crippen LogP contribution is -2.14. The summed E-state index contributed by atoms with van der Waals surface area (Å²) in [7, 11) is 0. The quantitative estimate of drug-likeness (QED) is 0.549. The first-order valence-corrected chi connectivity index (χ1v) is 7.41. The minimum atomic E-state index is -0.240. The van der Waals surface area contributed by atoms with Crippen LogP contribution >= 0.6 is 38.5 Å². The van der Waals surface area contributed by atoms with Gasteiger partial charge in [-0.15, -0.1) is 0 Å². The summed E-state index contributed by atoms with van der Waals surface area (Å²) < 4.78 is 1.73. The average Bonchev–Trinajstić information content (AvgIpc) is 2.36. The Morgan fingerprint density at radius 2 is 2.00 bits per heavy atom. The van der Waals surface area contributed by atoms with E-state index in [9.17, 15) is 9.90 Å². The van der Waals surface area contributed by atoms with E-state index in [2.05, 4.69) is 43.8 Å². The van der Waals surface area contributed by atoms with Crippen LogP contribution in [0.25, 0.3) is 0 Å². The van der Waals surface area contributed by atoms with Gasteiger partial charge < -0.3 is 10.4 Å². The minimum Gasteiger partial charge on any atom is -0.506 e. The van der Waals surface area contributed by atoms with Gasteiger partial charge in [-0.05, 0) is 75.3 Å². The van der Waals surface area contributed by atoms with Crippen LogP contribution in [0.4, 0.5) is 5.69 Å². The average molecular weight is 432 g/mol. The Morgan fingerprint density at radius 3 is 2.68 bits per heavy atom.